The maximum Gasteiger partial charge on any atom is 0.356 e. The molecular weight excluding hydrogens is 228 g/mol. The third-order valence-electron chi connectivity index (χ3n) is 2.13. The summed E-state index contributed by atoms with van der Waals surface area (Å²) >= 11 is 5.91. The normalized spacial score (nSPS) is 10.4. The number of hydrogen-bond donors (Lipinski definition) is 1. The Balaban J connectivity index is 2.52. The number of nitrogens with zero attached hydrogens (tertiary/aromatic N) is 2. The van der Waals surface area contributed by atoms with Gasteiger partial charge in [0.25, 0.3) is 0 Å². The van der Waals surface area contributed by atoms with Crippen LogP contribution in [0.4, 0.5) is 0 Å². The van der Waals surface area contributed by atoms with Crippen molar-refractivity contribution in [1.29, 1.82) is 0 Å². The predicted molar refractivity (Wildman–Crippen MR) is 60.3 cm³/mol. The van der Waals surface area contributed by atoms with Crippen LogP contribution in [0.2, 0.25) is 5.15 Å². The van der Waals surface area contributed by atoms with Crippen molar-refractivity contribution in [2.45, 2.75) is 6.92 Å². The molecule has 0 aliphatic heterocycles. The average molecular weight is 237 g/mol. The number of aryl methyl sites for hydroxylation is 1. The van der Waals surface area contributed by atoms with E-state index in [4.69, 9.17) is 16.7 Å². The number of hydrogen-bond acceptors (Lipinski definition) is 2. The van der Waals surface area contributed by atoms with Crippen LogP contribution in [0.1, 0.15) is 16.1 Å². The molecule has 0 unspecified atom stereocenters. The third-order valence-corrected chi connectivity index (χ3v) is 2.40. The van der Waals surface area contributed by atoms with Crippen LogP contribution in [0, 0.1) is 6.92 Å². The van der Waals surface area contributed by atoms with E-state index in [1.807, 2.05) is 31.2 Å². The molecule has 1 aromatic heterocycles. The van der Waals surface area contributed by atoms with Crippen LogP contribution >= 0.6 is 11.6 Å². The second-order valence-electron chi connectivity index (χ2n) is 3.41. The lowest BCUT2D eigenvalue weighted by molar-refractivity contribution is 0.0690. The number of carboxylic acids is 1. The lowest BCUT2D eigenvalue weighted by atomic mass is 10.2. The maximum atomic E-state index is 10.7. The molecule has 0 radical (unpaired) electrons. The molecule has 0 spiro atoms. The number of halogens is 1. The second kappa shape index (κ2) is 3.98. The van der Waals surface area contributed by atoms with Crippen LogP contribution in [0.25, 0.3) is 5.69 Å². The molecule has 1 N–H and O–H groups in total. The van der Waals surface area contributed by atoms with Gasteiger partial charge in [0.1, 0.15) is 5.15 Å². The Bertz CT molecular complexity index is 549. The molecule has 0 saturated carbocycles. The topological polar surface area (TPSA) is 55.1 Å². The van der Waals surface area contributed by atoms with Gasteiger partial charge in [-0.1, -0.05) is 23.7 Å². The van der Waals surface area contributed by atoms with Gasteiger partial charge in [-0.2, -0.15) is 5.10 Å². The Labute approximate surface area is 97.1 Å². The summed E-state index contributed by atoms with van der Waals surface area (Å²) in [5.74, 6) is -1.09. The Kier molecular flexibility index (Phi) is 2.66. The highest BCUT2D eigenvalue weighted by Crippen LogP contribution is 2.18. The predicted octanol–water partition coefficient (Wildman–Crippen LogP) is 2.53. The van der Waals surface area contributed by atoms with Crippen molar-refractivity contribution in [3.63, 3.8) is 0 Å². The van der Waals surface area contributed by atoms with E-state index in [2.05, 4.69) is 5.10 Å². The van der Waals surface area contributed by atoms with Gasteiger partial charge in [0.2, 0.25) is 0 Å². The highest BCUT2D eigenvalue weighted by Gasteiger charge is 2.12. The van der Waals surface area contributed by atoms with E-state index >= 15 is 0 Å². The summed E-state index contributed by atoms with van der Waals surface area (Å²) in [4.78, 5) is 10.7. The Morgan fingerprint density at radius 1 is 1.44 bits per heavy atom. The number of carbonyl (C=O) groups is 1. The van der Waals surface area contributed by atoms with Gasteiger partial charge in [0, 0.05) is 6.07 Å². The largest absolute Gasteiger partial charge is 0.476 e. The molecule has 0 amide bonds. The molecule has 0 fully saturated rings. The van der Waals surface area contributed by atoms with Gasteiger partial charge in [0.05, 0.1) is 5.69 Å². The standard InChI is InChI=1S/C11H9ClN2O2/c1-7-3-2-4-8(5-7)14-10(12)6-9(13-14)11(15)16/h2-6H,1H3,(H,15,16). The molecular formula is C11H9ClN2O2. The second-order valence-corrected chi connectivity index (χ2v) is 3.80. The Morgan fingerprint density at radius 3 is 2.75 bits per heavy atom. The minimum absolute atomic E-state index is 0.0634. The summed E-state index contributed by atoms with van der Waals surface area (Å²) in [5.41, 5.74) is 1.74. The van der Waals surface area contributed by atoms with Crippen molar-refractivity contribution < 1.29 is 9.90 Å². The van der Waals surface area contributed by atoms with Crippen molar-refractivity contribution in [2.24, 2.45) is 0 Å². The Hall–Kier alpha value is -1.81. The molecule has 4 nitrogen and oxygen atoms in total. The smallest absolute Gasteiger partial charge is 0.356 e. The van der Waals surface area contributed by atoms with Gasteiger partial charge in [-0.05, 0) is 24.6 Å². The molecule has 0 bridgehead atoms. The van der Waals surface area contributed by atoms with Gasteiger partial charge < -0.3 is 5.11 Å². The van der Waals surface area contributed by atoms with Gasteiger partial charge in [-0.15, -0.1) is 0 Å². The quantitative estimate of drug-likeness (QED) is 0.872. The van der Waals surface area contributed by atoms with Crippen LogP contribution in [-0.2, 0) is 0 Å². The number of rotatable bonds is 2. The fraction of sp³-hybridized carbons (Fsp3) is 0.0909. The van der Waals surface area contributed by atoms with Crippen LogP contribution in [-0.4, -0.2) is 20.9 Å². The van der Waals surface area contributed by atoms with E-state index in [0.29, 0.717) is 0 Å². The average Bonchev–Trinajstić information content (AvgIpc) is 2.60. The SMILES string of the molecule is Cc1cccc(-n2nc(C(=O)O)cc2Cl)c1. The lowest BCUT2D eigenvalue weighted by Gasteiger charge is -2.03. The molecule has 0 saturated heterocycles. The van der Waals surface area contributed by atoms with Gasteiger partial charge in [-0.3, -0.25) is 0 Å². The number of aromatic nitrogens is 2. The van der Waals surface area contributed by atoms with E-state index in [1.54, 1.807) is 0 Å². The molecule has 82 valence electrons. The summed E-state index contributed by atoms with van der Waals surface area (Å²) < 4.78 is 1.40. The number of benzene rings is 1. The van der Waals surface area contributed by atoms with E-state index in [0.717, 1.165) is 11.3 Å². The van der Waals surface area contributed by atoms with Crippen molar-refractivity contribution in [2.75, 3.05) is 0 Å². The molecule has 0 aliphatic rings. The zero-order valence-corrected chi connectivity index (χ0v) is 9.27. The lowest BCUT2D eigenvalue weighted by Crippen LogP contribution is -2.01. The molecule has 5 heteroatoms. The zero-order valence-electron chi connectivity index (χ0n) is 8.51. The van der Waals surface area contributed by atoms with E-state index < -0.39 is 5.97 Å². The molecule has 2 rings (SSSR count). The summed E-state index contributed by atoms with van der Waals surface area (Å²) in [6, 6.07) is 8.83. The fourth-order valence-corrected chi connectivity index (χ4v) is 1.64. The molecule has 1 aromatic carbocycles. The van der Waals surface area contributed by atoms with Crippen LogP contribution in [0.5, 0.6) is 0 Å². The summed E-state index contributed by atoms with van der Waals surface area (Å²) in [6.45, 7) is 1.94. The summed E-state index contributed by atoms with van der Waals surface area (Å²) in [6.07, 6.45) is 0. The maximum absolute atomic E-state index is 10.7. The highest BCUT2D eigenvalue weighted by molar-refractivity contribution is 6.30. The van der Waals surface area contributed by atoms with Crippen LogP contribution in [0.15, 0.2) is 30.3 Å². The fourth-order valence-electron chi connectivity index (χ4n) is 1.40. The van der Waals surface area contributed by atoms with E-state index in [9.17, 15) is 4.79 Å². The number of carboxylic acid groups (broad SMARTS) is 1. The first-order chi connectivity index (χ1) is 7.58. The summed E-state index contributed by atoms with van der Waals surface area (Å²) in [7, 11) is 0. The van der Waals surface area contributed by atoms with Crippen molar-refractivity contribution in [1.82, 2.24) is 9.78 Å². The minimum Gasteiger partial charge on any atom is -0.476 e. The molecule has 1 heterocycles. The first-order valence-corrected chi connectivity index (χ1v) is 5.01. The van der Waals surface area contributed by atoms with Gasteiger partial charge in [0.15, 0.2) is 5.69 Å². The van der Waals surface area contributed by atoms with E-state index in [1.165, 1.54) is 10.7 Å². The molecule has 0 aliphatic carbocycles. The third kappa shape index (κ3) is 1.92. The zero-order chi connectivity index (χ0) is 11.7. The molecule has 0 atom stereocenters. The van der Waals surface area contributed by atoms with Gasteiger partial charge >= 0.3 is 5.97 Å². The van der Waals surface area contributed by atoms with Crippen LogP contribution < -0.4 is 0 Å². The number of aromatic carboxylic acids is 1. The van der Waals surface area contributed by atoms with Crippen molar-refractivity contribution in [3.8, 4) is 5.69 Å². The summed E-state index contributed by atoms with van der Waals surface area (Å²) in [5, 5.41) is 13.0. The minimum atomic E-state index is -1.09. The molecule has 16 heavy (non-hydrogen) atoms. The van der Waals surface area contributed by atoms with Crippen molar-refractivity contribution >= 4 is 17.6 Å². The monoisotopic (exact) mass is 236 g/mol. The van der Waals surface area contributed by atoms with Gasteiger partial charge in [-0.25, -0.2) is 9.48 Å². The molecule has 2 aromatic rings. The Morgan fingerprint density at radius 2 is 2.19 bits per heavy atom. The van der Waals surface area contributed by atoms with Crippen molar-refractivity contribution in [3.05, 3.63) is 46.7 Å². The van der Waals surface area contributed by atoms with E-state index in [-0.39, 0.29) is 10.8 Å². The van der Waals surface area contributed by atoms with Crippen LogP contribution in [0.3, 0.4) is 0 Å². The first-order valence-electron chi connectivity index (χ1n) is 4.64. The highest BCUT2D eigenvalue weighted by atomic mass is 35.5. The first kappa shape index (κ1) is 10.7.